The first-order valence-electron chi connectivity index (χ1n) is 13.2. The van der Waals surface area contributed by atoms with E-state index in [0.29, 0.717) is 28.4 Å². The standard InChI is InChI=1S/C28H48O2/c1-7-26(3,4)13-10-18(2)21-8-9-22-20-17-25(30)24-16-19(29)11-14-28(24,6)23(20)12-15-27(21,22)5/h18-24,29H,7-17H2,1-6H3/t18-,19-,20+,21-,22+,23+,24-,27-,28-/m1/s1. The van der Waals surface area contributed by atoms with Gasteiger partial charge < -0.3 is 5.11 Å². The third-order valence-electron chi connectivity index (χ3n) is 11.4. The lowest BCUT2D eigenvalue weighted by Crippen LogP contribution is -2.57. The fraction of sp³-hybridized carbons (Fsp3) is 0.964. The normalized spacial score (nSPS) is 47.4. The van der Waals surface area contributed by atoms with Gasteiger partial charge >= 0.3 is 0 Å². The van der Waals surface area contributed by atoms with Crippen molar-refractivity contribution in [3.63, 3.8) is 0 Å². The van der Waals surface area contributed by atoms with Crippen molar-refractivity contribution in [1.29, 1.82) is 0 Å². The van der Waals surface area contributed by atoms with Gasteiger partial charge in [-0.15, -0.1) is 0 Å². The highest BCUT2D eigenvalue weighted by atomic mass is 16.3. The predicted molar refractivity (Wildman–Crippen MR) is 124 cm³/mol. The Balaban J connectivity index is 1.51. The molecule has 172 valence electrons. The van der Waals surface area contributed by atoms with Crippen LogP contribution in [0.25, 0.3) is 0 Å². The van der Waals surface area contributed by atoms with E-state index in [1.54, 1.807) is 0 Å². The molecule has 1 N–H and O–H groups in total. The summed E-state index contributed by atoms with van der Waals surface area (Å²) in [4.78, 5) is 13.3. The second kappa shape index (κ2) is 7.89. The Morgan fingerprint density at radius 2 is 1.73 bits per heavy atom. The van der Waals surface area contributed by atoms with E-state index in [1.807, 2.05) is 0 Å². The summed E-state index contributed by atoms with van der Waals surface area (Å²) in [5, 5.41) is 10.2. The molecule has 4 aliphatic carbocycles. The number of hydrogen-bond donors (Lipinski definition) is 1. The van der Waals surface area contributed by atoms with Gasteiger partial charge in [-0.05, 0) is 104 Å². The Morgan fingerprint density at radius 3 is 2.43 bits per heavy atom. The van der Waals surface area contributed by atoms with Gasteiger partial charge in [0.15, 0.2) is 0 Å². The van der Waals surface area contributed by atoms with Crippen LogP contribution in [0.1, 0.15) is 112 Å². The summed E-state index contributed by atoms with van der Waals surface area (Å²) in [6, 6.07) is 0. The van der Waals surface area contributed by atoms with Crippen molar-refractivity contribution in [2.45, 2.75) is 118 Å². The molecule has 0 unspecified atom stereocenters. The van der Waals surface area contributed by atoms with Crippen molar-refractivity contribution in [1.82, 2.24) is 0 Å². The third kappa shape index (κ3) is 3.61. The molecule has 0 amide bonds. The van der Waals surface area contributed by atoms with Crippen molar-refractivity contribution in [3.8, 4) is 0 Å². The number of ketones is 1. The fourth-order valence-corrected chi connectivity index (χ4v) is 8.99. The molecule has 4 rings (SSSR count). The lowest BCUT2D eigenvalue weighted by molar-refractivity contribution is -0.160. The molecule has 4 saturated carbocycles. The largest absolute Gasteiger partial charge is 0.393 e. The highest BCUT2D eigenvalue weighted by Crippen LogP contribution is 2.67. The summed E-state index contributed by atoms with van der Waals surface area (Å²) in [5.41, 5.74) is 1.06. The molecule has 0 aromatic heterocycles. The maximum absolute atomic E-state index is 13.3. The van der Waals surface area contributed by atoms with Crippen LogP contribution in [0, 0.1) is 51.8 Å². The van der Waals surface area contributed by atoms with E-state index in [0.717, 1.165) is 43.4 Å². The number of Topliss-reactive ketones (excluding diaryl/α,β-unsaturated/α-hetero) is 1. The second-order valence-electron chi connectivity index (χ2n) is 13.3. The van der Waals surface area contributed by atoms with Crippen LogP contribution >= 0.6 is 0 Å². The Labute approximate surface area is 186 Å². The molecule has 0 spiro atoms. The van der Waals surface area contributed by atoms with Crippen molar-refractivity contribution in [3.05, 3.63) is 0 Å². The summed E-state index contributed by atoms with van der Waals surface area (Å²) >= 11 is 0. The summed E-state index contributed by atoms with van der Waals surface area (Å²) in [6.45, 7) is 14.7. The molecule has 2 nitrogen and oxygen atoms in total. The first kappa shape index (κ1) is 22.8. The Morgan fingerprint density at radius 1 is 1.07 bits per heavy atom. The molecule has 4 aliphatic rings. The van der Waals surface area contributed by atoms with Gasteiger partial charge in [0.05, 0.1) is 6.10 Å². The van der Waals surface area contributed by atoms with E-state index < -0.39 is 0 Å². The minimum Gasteiger partial charge on any atom is -0.393 e. The third-order valence-corrected chi connectivity index (χ3v) is 11.4. The zero-order valence-corrected chi connectivity index (χ0v) is 20.7. The van der Waals surface area contributed by atoms with Crippen molar-refractivity contribution >= 4 is 5.78 Å². The van der Waals surface area contributed by atoms with Crippen LogP contribution in [-0.2, 0) is 4.79 Å². The van der Waals surface area contributed by atoms with Crippen LogP contribution < -0.4 is 0 Å². The number of hydrogen-bond acceptors (Lipinski definition) is 2. The van der Waals surface area contributed by atoms with E-state index in [2.05, 4.69) is 41.5 Å². The molecule has 2 heteroatoms. The Bertz CT molecular complexity index is 653. The quantitative estimate of drug-likeness (QED) is 0.522. The molecule has 0 bridgehead atoms. The summed E-state index contributed by atoms with van der Waals surface area (Å²) in [5.74, 6) is 4.31. The highest BCUT2D eigenvalue weighted by molar-refractivity contribution is 5.83. The van der Waals surface area contributed by atoms with Crippen LogP contribution in [0.4, 0.5) is 0 Å². The fourth-order valence-electron chi connectivity index (χ4n) is 8.99. The van der Waals surface area contributed by atoms with Gasteiger partial charge in [-0.3, -0.25) is 4.79 Å². The molecular formula is C28H48O2. The van der Waals surface area contributed by atoms with E-state index in [9.17, 15) is 9.90 Å². The van der Waals surface area contributed by atoms with Gasteiger partial charge in [0.25, 0.3) is 0 Å². The molecule has 0 saturated heterocycles. The van der Waals surface area contributed by atoms with E-state index >= 15 is 0 Å². The Hall–Kier alpha value is -0.370. The summed E-state index contributed by atoms with van der Waals surface area (Å²) in [7, 11) is 0. The smallest absolute Gasteiger partial charge is 0.136 e. The number of aliphatic hydroxyl groups excluding tert-OH is 1. The summed E-state index contributed by atoms with van der Waals surface area (Å²) in [6.07, 6.45) is 12.6. The van der Waals surface area contributed by atoms with Gasteiger partial charge in [-0.2, -0.15) is 0 Å². The second-order valence-corrected chi connectivity index (χ2v) is 13.3. The Kier molecular flexibility index (Phi) is 6.00. The molecular weight excluding hydrogens is 368 g/mol. The molecule has 0 heterocycles. The molecule has 4 fully saturated rings. The highest BCUT2D eigenvalue weighted by Gasteiger charge is 2.62. The molecule has 0 aliphatic heterocycles. The van der Waals surface area contributed by atoms with Crippen molar-refractivity contribution in [2.75, 3.05) is 0 Å². The van der Waals surface area contributed by atoms with Crippen molar-refractivity contribution < 1.29 is 9.90 Å². The lowest BCUT2D eigenvalue weighted by atomic mass is 9.44. The maximum atomic E-state index is 13.3. The van der Waals surface area contributed by atoms with E-state index in [1.165, 1.54) is 44.9 Å². The first-order valence-corrected chi connectivity index (χ1v) is 13.2. The molecule has 0 radical (unpaired) electrons. The SMILES string of the molecule is CCC(C)(C)CC[C@@H](C)[C@H]1CC[C@H]2[C@@H]3CC(=O)[C@H]4C[C@H](O)CC[C@]4(C)[C@H]3CC[C@]12C. The minimum absolute atomic E-state index is 0.124. The zero-order chi connectivity index (χ0) is 21.9. The molecule has 0 aromatic carbocycles. The topological polar surface area (TPSA) is 37.3 Å². The minimum atomic E-state index is -0.249. The summed E-state index contributed by atoms with van der Waals surface area (Å²) < 4.78 is 0. The maximum Gasteiger partial charge on any atom is 0.136 e. The van der Waals surface area contributed by atoms with Crippen LogP contribution in [0.5, 0.6) is 0 Å². The van der Waals surface area contributed by atoms with E-state index in [4.69, 9.17) is 0 Å². The predicted octanol–water partition coefficient (Wildman–Crippen LogP) is 7.04. The first-order chi connectivity index (χ1) is 14.0. The van der Waals surface area contributed by atoms with Gasteiger partial charge in [0.1, 0.15) is 5.78 Å². The van der Waals surface area contributed by atoms with Gasteiger partial charge in [-0.25, -0.2) is 0 Å². The number of rotatable bonds is 5. The number of aliphatic hydroxyl groups is 1. The van der Waals surface area contributed by atoms with Gasteiger partial charge in [0.2, 0.25) is 0 Å². The zero-order valence-electron chi connectivity index (χ0n) is 20.7. The molecule has 0 aromatic rings. The van der Waals surface area contributed by atoms with Crippen LogP contribution in [-0.4, -0.2) is 17.0 Å². The monoisotopic (exact) mass is 416 g/mol. The van der Waals surface area contributed by atoms with Gasteiger partial charge in [0, 0.05) is 12.3 Å². The van der Waals surface area contributed by atoms with Crippen LogP contribution in [0.15, 0.2) is 0 Å². The number of carbonyl (C=O) groups excluding carboxylic acids is 1. The lowest BCUT2D eigenvalue weighted by Gasteiger charge is -2.60. The van der Waals surface area contributed by atoms with Crippen LogP contribution in [0.3, 0.4) is 0 Å². The number of carbonyl (C=O) groups is 1. The van der Waals surface area contributed by atoms with Crippen molar-refractivity contribution in [2.24, 2.45) is 51.8 Å². The molecule has 30 heavy (non-hydrogen) atoms. The average Bonchev–Trinajstić information content (AvgIpc) is 3.05. The van der Waals surface area contributed by atoms with Gasteiger partial charge in [-0.1, -0.05) is 48.0 Å². The molecule has 9 atom stereocenters. The average molecular weight is 417 g/mol. The number of fused-ring (bicyclic) bond motifs is 5. The van der Waals surface area contributed by atoms with Crippen LogP contribution in [0.2, 0.25) is 0 Å². The van der Waals surface area contributed by atoms with E-state index in [-0.39, 0.29) is 17.4 Å².